The molecule has 0 radical (unpaired) electrons. The van der Waals surface area contributed by atoms with Gasteiger partial charge in [-0.25, -0.2) is 4.98 Å². The molecule has 6 heteroatoms. The molecule has 0 saturated heterocycles. The lowest BCUT2D eigenvalue weighted by atomic mass is 10.0. The second-order valence-electron chi connectivity index (χ2n) is 6.38. The number of fused-ring (bicyclic) bond motifs is 1. The SMILES string of the molecule is NC(=[NH2+])c1ccc(-c2ccc3nc(-c4ccc(C(N)=[NH2+])cc4)[nH]c3c2)cc1. The van der Waals surface area contributed by atoms with Gasteiger partial charge < -0.3 is 4.98 Å². The molecule has 0 aliphatic rings. The van der Waals surface area contributed by atoms with Gasteiger partial charge in [0.1, 0.15) is 5.82 Å². The van der Waals surface area contributed by atoms with Crippen LogP contribution in [0.25, 0.3) is 33.5 Å². The summed E-state index contributed by atoms with van der Waals surface area (Å²) in [4.78, 5) is 8.04. The number of amidine groups is 2. The molecule has 1 heterocycles. The van der Waals surface area contributed by atoms with Crippen molar-refractivity contribution in [2.75, 3.05) is 0 Å². The Kier molecular flexibility index (Phi) is 3.93. The van der Waals surface area contributed by atoms with E-state index in [2.05, 4.69) is 16.0 Å². The van der Waals surface area contributed by atoms with Gasteiger partial charge in [-0.15, -0.1) is 0 Å². The Labute approximate surface area is 155 Å². The monoisotopic (exact) mass is 356 g/mol. The lowest BCUT2D eigenvalue weighted by Crippen LogP contribution is -2.46. The van der Waals surface area contributed by atoms with Gasteiger partial charge in [-0.1, -0.05) is 30.3 Å². The number of H-pyrrole nitrogens is 1. The van der Waals surface area contributed by atoms with E-state index >= 15 is 0 Å². The van der Waals surface area contributed by atoms with Crippen molar-refractivity contribution < 1.29 is 10.8 Å². The summed E-state index contributed by atoms with van der Waals surface area (Å²) in [5.41, 5.74) is 17.9. The van der Waals surface area contributed by atoms with Crippen LogP contribution in [0.1, 0.15) is 11.1 Å². The number of imidazole rings is 1. The van der Waals surface area contributed by atoms with E-state index in [1.807, 2.05) is 60.7 Å². The zero-order valence-electron chi connectivity index (χ0n) is 14.6. The fourth-order valence-corrected chi connectivity index (χ4v) is 3.00. The quantitative estimate of drug-likeness (QED) is 0.257. The first-order valence-corrected chi connectivity index (χ1v) is 8.48. The highest BCUT2D eigenvalue weighted by Crippen LogP contribution is 2.26. The number of benzene rings is 3. The summed E-state index contributed by atoms with van der Waals surface area (Å²) in [5, 5.41) is 11.2. The molecule has 6 nitrogen and oxygen atoms in total. The second-order valence-corrected chi connectivity index (χ2v) is 6.38. The predicted octanol–water partition coefficient (Wildman–Crippen LogP) is -0.174. The van der Waals surface area contributed by atoms with Gasteiger partial charge in [0.15, 0.2) is 0 Å². The molecule has 0 saturated carbocycles. The molecule has 0 aliphatic carbocycles. The van der Waals surface area contributed by atoms with Crippen LogP contribution in [0.4, 0.5) is 0 Å². The maximum Gasteiger partial charge on any atom is 0.270 e. The van der Waals surface area contributed by atoms with Crippen LogP contribution in [-0.4, -0.2) is 21.6 Å². The van der Waals surface area contributed by atoms with Gasteiger partial charge in [0.05, 0.1) is 22.2 Å². The van der Waals surface area contributed by atoms with Crippen molar-refractivity contribution in [3.05, 3.63) is 77.9 Å². The number of nitrogens with two attached hydrogens (primary N) is 4. The largest absolute Gasteiger partial charge is 0.338 e. The van der Waals surface area contributed by atoms with Crippen LogP contribution in [-0.2, 0) is 0 Å². The summed E-state index contributed by atoms with van der Waals surface area (Å²) < 4.78 is 0. The minimum Gasteiger partial charge on any atom is -0.338 e. The van der Waals surface area contributed by atoms with E-state index in [0.29, 0.717) is 11.7 Å². The number of nitrogens with zero attached hydrogens (tertiary/aromatic N) is 1. The number of hydrogen-bond acceptors (Lipinski definition) is 1. The van der Waals surface area contributed by atoms with Crippen molar-refractivity contribution in [2.45, 2.75) is 0 Å². The number of aromatic amines is 1. The molecule has 4 rings (SSSR count). The highest BCUT2D eigenvalue weighted by atomic mass is 14.9. The molecule has 0 spiro atoms. The van der Waals surface area contributed by atoms with Crippen molar-refractivity contribution in [2.24, 2.45) is 11.5 Å². The van der Waals surface area contributed by atoms with Gasteiger partial charge in [-0.3, -0.25) is 22.3 Å². The van der Waals surface area contributed by atoms with E-state index in [4.69, 9.17) is 22.3 Å². The molecule has 0 bridgehead atoms. The minimum absolute atomic E-state index is 0.302. The number of hydrogen-bond donors (Lipinski definition) is 5. The van der Waals surface area contributed by atoms with Crippen molar-refractivity contribution in [3.63, 3.8) is 0 Å². The molecule has 132 valence electrons. The third-order valence-electron chi connectivity index (χ3n) is 4.53. The zero-order valence-corrected chi connectivity index (χ0v) is 14.6. The van der Waals surface area contributed by atoms with Crippen LogP contribution in [0.3, 0.4) is 0 Å². The number of nitrogens with one attached hydrogen (secondary N) is 1. The third kappa shape index (κ3) is 3.16. The maximum atomic E-state index is 5.63. The van der Waals surface area contributed by atoms with Gasteiger partial charge in [0.2, 0.25) is 0 Å². The van der Waals surface area contributed by atoms with Crippen molar-refractivity contribution in [1.29, 1.82) is 0 Å². The van der Waals surface area contributed by atoms with E-state index in [0.717, 1.165) is 44.7 Å². The Bertz CT molecular complexity index is 1100. The minimum atomic E-state index is 0.302. The smallest absolute Gasteiger partial charge is 0.270 e. The lowest BCUT2D eigenvalue weighted by Gasteiger charge is -2.02. The summed E-state index contributed by atoms with van der Waals surface area (Å²) in [7, 11) is 0. The third-order valence-corrected chi connectivity index (χ3v) is 4.53. The molecule has 3 aromatic carbocycles. The summed E-state index contributed by atoms with van der Waals surface area (Å²) in [6, 6.07) is 21.6. The van der Waals surface area contributed by atoms with Crippen LogP contribution in [0.2, 0.25) is 0 Å². The van der Waals surface area contributed by atoms with Crippen LogP contribution < -0.4 is 22.3 Å². The van der Waals surface area contributed by atoms with E-state index < -0.39 is 0 Å². The van der Waals surface area contributed by atoms with E-state index in [1.165, 1.54) is 0 Å². The van der Waals surface area contributed by atoms with Crippen molar-refractivity contribution in [1.82, 2.24) is 9.97 Å². The fraction of sp³-hybridized carbons (Fsp3) is 0. The molecule has 0 unspecified atom stereocenters. The summed E-state index contributed by atoms with van der Waals surface area (Å²) in [6.45, 7) is 0. The van der Waals surface area contributed by atoms with Crippen LogP contribution >= 0.6 is 0 Å². The first-order chi connectivity index (χ1) is 13.0. The highest BCUT2D eigenvalue weighted by molar-refractivity contribution is 5.94. The molecule has 4 aromatic rings. The summed E-state index contributed by atoms with van der Waals surface area (Å²) >= 11 is 0. The van der Waals surface area contributed by atoms with E-state index in [1.54, 1.807) is 0 Å². The maximum absolute atomic E-state index is 5.63. The van der Waals surface area contributed by atoms with Gasteiger partial charge in [0.25, 0.3) is 11.7 Å². The topological polar surface area (TPSA) is 132 Å². The number of rotatable bonds is 4. The first kappa shape index (κ1) is 16.5. The Balaban J connectivity index is 1.69. The highest BCUT2D eigenvalue weighted by Gasteiger charge is 2.09. The summed E-state index contributed by atoms with van der Waals surface area (Å²) in [5.74, 6) is 1.41. The molecule has 1 aromatic heterocycles. The number of aromatic nitrogens is 2. The van der Waals surface area contributed by atoms with Gasteiger partial charge in [0, 0.05) is 5.56 Å². The molecule has 27 heavy (non-hydrogen) atoms. The molecule has 9 N–H and O–H groups in total. The Morgan fingerprint density at radius 1 is 0.704 bits per heavy atom. The zero-order chi connectivity index (χ0) is 19.0. The summed E-state index contributed by atoms with van der Waals surface area (Å²) in [6.07, 6.45) is 0. The molecular weight excluding hydrogens is 336 g/mol. The van der Waals surface area contributed by atoms with Gasteiger partial charge in [-0.05, 0) is 47.5 Å². The Morgan fingerprint density at radius 2 is 1.22 bits per heavy atom. The standard InChI is InChI=1S/C21H18N6/c22-19(23)13-3-1-12(2-4-13)16-9-10-17-18(11-16)27-21(26-17)15-7-5-14(6-8-15)20(24)25/h1-11H,(H3,22,23)(H3,24,25)(H,26,27)/p+2. The molecule has 0 amide bonds. The van der Waals surface area contributed by atoms with Crippen molar-refractivity contribution in [3.8, 4) is 22.5 Å². The molecule has 0 aliphatic heterocycles. The Hall–Kier alpha value is -3.93. The van der Waals surface area contributed by atoms with Gasteiger partial charge in [-0.2, -0.15) is 0 Å². The Morgan fingerprint density at radius 3 is 1.78 bits per heavy atom. The first-order valence-electron chi connectivity index (χ1n) is 8.48. The average molecular weight is 356 g/mol. The molecule has 0 atom stereocenters. The fourth-order valence-electron chi connectivity index (χ4n) is 3.00. The van der Waals surface area contributed by atoms with E-state index in [-0.39, 0.29) is 0 Å². The van der Waals surface area contributed by atoms with Crippen LogP contribution in [0.15, 0.2) is 66.7 Å². The van der Waals surface area contributed by atoms with Crippen LogP contribution in [0, 0.1) is 0 Å². The van der Waals surface area contributed by atoms with E-state index in [9.17, 15) is 0 Å². The van der Waals surface area contributed by atoms with Crippen molar-refractivity contribution >= 4 is 22.7 Å². The predicted molar refractivity (Wildman–Crippen MR) is 107 cm³/mol. The molecular formula is C21H20N6+2. The average Bonchev–Trinajstić information content (AvgIpc) is 3.11. The lowest BCUT2D eigenvalue weighted by molar-refractivity contribution is -0.115. The normalized spacial score (nSPS) is 10.8. The van der Waals surface area contributed by atoms with Crippen LogP contribution in [0.5, 0.6) is 0 Å². The van der Waals surface area contributed by atoms with Gasteiger partial charge >= 0.3 is 0 Å². The molecule has 0 fully saturated rings. The second kappa shape index (κ2) is 6.42.